The van der Waals surface area contributed by atoms with Gasteiger partial charge in [0.2, 0.25) is 15.9 Å². The number of fused-ring (bicyclic) bond motifs is 1. The van der Waals surface area contributed by atoms with Crippen molar-refractivity contribution in [1.82, 2.24) is 30.3 Å². The maximum atomic E-state index is 13.7. The van der Waals surface area contributed by atoms with Gasteiger partial charge < -0.3 is 10.2 Å². The summed E-state index contributed by atoms with van der Waals surface area (Å²) >= 11 is 1.72. The Morgan fingerprint density at radius 2 is 2.00 bits per heavy atom. The van der Waals surface area contributed by atoms with E-state index in [0.29, 0.717) is 38.8 Å². The summed E-state index contributed by atoms with van der Waals surface area (Å²) in [5, 5.41) is 14.4. The molecule has 2 saturated carbocycles. The highest BCUT2D eigenvalue weighted by molar-refractivity contribution is 8.00. The van der Waals surface area contributed by atoms with Gasteiger partial charge in [0.05, 0.1) is 22.6 Å². The Labute approximate surface area is 211 Å². The van der Waals surface area contributed by atoms with Gasteiger partial charge in [-0.2, -0.15) is 9.98 Å². The van der Waals surface area contributed by atoms with Gasteiger partial charge in [0.15, 0.2) is 0 Å². The van der Waals surface area contributed by atoms with E-state index in [1.165, 1.54) is 4.90 Å². The van der Waals surface area contributed by atoms with Crippen molar-refractivity contribution in [2.75, 3.05) is 39.8 Å². The number of amides is 3. The van der Waals surface area contributed by atoms with Gasteiger partial charge in [-0.05, 0) is 39.0 Å². The van der Waals surface area contributed by atoms with Crippen LogP contribution in [0.4, 0.5) is 4.79 Å². The molecule has 3 aliphatic heterocycles. The van der Waals surface area contributed by atoms with Crippen LogP contribution >= 0.6 is 11.8 Å². The number of imide groups is 1. The lowest BCUT2D eigenvalue weighted by Gasteiger charge is -2.49. The molecular weight excluding hydrogens is 490 g/mol. The number of nitrogens with one attached hydrogen (secondary N) is 3. The van der Waals surface area contributed by atoms with Crippen molar-refractivity contribution in [2.24, 2.45) is 11.8 Å². The van der Waals surface area contributed by atoms with Gasteiger partial charge in [-0.1, -0.05) is 0 Å². The molecule has 3 heterocycles. The molecule has 5 aliphatic rings. The zero-order valence-electron chi connectivity index (χ0n) is 20.3. The van der Waals surface area contributed by atoms with Crippen molar-refractivity contribution < 1.29 is 18.0 Å². The van der Waals surface area contributed by atoms with Gasteiger partial charge in [-0.25, -0.2) is 18.2 Å². The monoisotopic (exact) mass is 525 g/mol. The molecule has 0 radical (unpaired) electrons. The molecule has 5 rings (SSSR count). The predicted molar refractivity (Wildman–Crippen MR) is 131 cm³/mol. The zero-order chi connectivity index (χ0) is 25.0. The van der Waals surface area contributed by atoms with Crippen LogP contribution < -0.4 is 15.5 Å². The Balaban J connectivity index is 1.36. The van der Waals surface area contributed by atoms with Gasteiger partial charge in [0.25, 0.3) is 0 Å². The standard InChI is InChI=1S/C22H35N7O4S2/c1-14-24-9-16(34-14)12-29-20(30)18-7-17(35(32,33)26-22(13-23)5-6-22)3-4-19(18)28(21(29)31)11-15-8-25-27(2)10-15/h14-19,24-26H,3-12H2,1-2H3. The molecule has 0 aromatic heterocycles. The topological polar surface area (TPSA) is 138 Å². The number of nitrogens with zero attached hydrogens (tertiary/aromatic N) is 4. The van der Waals surface area contributed by atoms with Crippen LogP contribution in [0.3, 0.4) is 0 Å². The van der Waals surface area contributed by atoms with E-state index in [1.807, 2.05) is 17.0 Å². The second kappa shape index (κ2) is 9.46. The van der Waals surface area contributed by atoms with Crippen LogP contribution in [0, 0.1) is 23.2 Å². The third-order valence-electron chi connectivity index (χ3n) is 8.02. The van der Waals surface area contributed by atoms with Crippen molar-refractivity contribution >= 4 is 33.7 Å². The van der Waals surface area contributed by atoms with Crippen LogP contribution in [0.2, 0.25) is 0 Å². The highest BCUT2D eigenvalue weighted by atomic mass is 32.2. The van der Waals surface area contributed by atoms with Crippen LogP contribution in [0.25, 0.3) is 0 Å². The fourth-order valence-corrected chi connectivity index (χ4v) is 8.99. The van der Waals surface area contributed by atoms with Crippen LogP contribution in [-0.2, 0) is 14.8 Å². The summed E-state index contributed by atoms with van der Waals surface area (Å²) in [6, 6.07) is 1.55. The minimum Gasteiger partial charge on any atom is -0.320 e. The number of nitriles is 1. The molecule has 0 aromatic rings. The smallest absolute Gasteiger partial charge is 0.320 e. The molecular formula is C22H35N7O4S2. The van der Waals surface area contributed by atoms with E-state index >= 15 is 0 Å². The summed E-state index contributed by atoms with van der Waals surface area (Å²) in [5.74, 6) is -0.556. The first-order valence-electron chi connectivity index (χ1n) is 12.5. The van der Waals surface area contributed by atoms with E-state index in [-0.39, 0.29) is 40.9 Å². The number of hydrazine groups is 1. The van der Waals surface area contributed by atoms with Crippen LogP contribution in [0.15, 0.2) is 0 Å². The minimum atomic E-state index is -3.75. The molecule has 6 unspecified atom stereocenters. The van der Waals surface area contributed by atoms with E-state index in [4.69, 9.17) is 0 Å². The number of sulfonamides is 1. The van der Waals surface area contributed by atoms with Gasteiger partial charge in [-0.3, -0.25) is 15.1 Å². The first-order valence-corrected chi connectivity index (χ1v) is 15.0. The summed E-state index contributed by atoms with van der Waals surface area (Å²) in [7, 11) is -1.78. The van der Waals surface area contributed by atoms with Crippen molar-refractivity contribution in [1.29, 1.82) is 5.26 Å². The summed E-state index contributed by atoms with van der Waals surface area (Å²) in [6.07, 6.45) is 2.05. The van der Waals surface area contributed by atoms with E-state index in [2.05, 4.69) is 28.5 Å². The molecule has 6 atom stereocenters. The lowest BCUT2D eigenvalue weighted by Crippen LogP contribution is -2.65. The van der Waals surface area contributed by atoms with Crippen LogP contribution in [0.1, 0.15) is 39.0 Å². The van der Waals surface area contributed by atoms with Crippen molar-refractivity contribution in [3.05, 3.63) is 0 Å². The van der Waals surface area contributed by atoms with Crippen molar-refractivity contribution in [3.8, 4) is 6.07 Å². The summed E-state index contributed by atoms with van der Waals surface area (Å²) < 4.78 is 28.9. The molecule has 3 amide bonds. The molecule has 35 heavy (non-hydrogen) atoms. The number of hydrogen-bond acceptors (Lipinski definition) is 9. The van der Waals surface area contributed by atoms with Gasteiger partial charge >= 0.3 is 6.03 Å². The Hall–Kier alpha value is -1.43. The Morgan fingerprint density at radius 3 is 2.60 bits per heavy atom. The number of hydrogen-bond donors (Lipinski definition) is 3. The normalized spacial score (nSPS) is 37.4. The van der Waals surface area contributed by atoms with Gasteiger partial charge in [0.1, 0.15) is 5.54 Å². The minimum absolute atomic E-state index is 0.116. The molecule has 0 bridgehead atoms. The lowest BCUT2D eigenvalue weighted by molar-refractivity contribution is -0.140. The fraction of sp³-hybridized carbons (Fsp3) is 0.864. The summed E-state index contributed by atoms with van der Waals surface area (Å²) in [4.78, 5) is 30.5. The molecule has 5 fully saturated rings. The highest BCUT2D eigenvalue weighted by Crippen LogP contribution is 2.40. The zero-order valence-corrected chi connectivity index (χ0v) is 21.9. The molecule has 0 aromatic carbocycles. The number of rotatable bonds is 7. The molecule has 2 aliphatic carbocycles. The van der Waals surface area contributed by atoms with E-state index in [0.717, 1.165) is 19.6 Å². The maximum Gasteiger partial charge on any atom is 0.327 e. The molecule has 3 N–H and O–H groups in total. The second-order valence-electron chi connectivity index (χ2n) is 10.8. The third-order valence-corrected chi connectivity index (χ3v) is 11.3. The first kappa shape index (κ1) is 25.2. The third kappa shape index (κ3) is 5.06. The number of carbonyl (C=O) groups is 2. The van der Waals surface area contributed by atoms with E-state index in [9.17, 15) is 23.3 Å². The summed E-state index contributed by atoms with van der Waals surface area (Å²) in [6.45, 7) is 5.24. The average molecular weight is 526 g/mol. The predicted octanol–water partition coefficient (Wildman–Crippen LogP) is -0.119. The molecule has 13 heteroatoms. The maximum absolute atomic E-state index is 13.7. The van der Waals surface area contributed by atoms with Crippen LogP contribution in [0.5, 0.6) is 0 Å². The first-order chi connectivity index (χ1) is 16.6. The fourth-order valence-electron chi connectivity index (χ4n) is 5.92. The van der Waals surface area contributed by atoms with Gasteiger partial charge in [-0.15, -0.1) is 11.8 Å². The quantitative estimate of drug-likeness (QED) is 0.415. The molecule has 11 nitrogen and oxygen atoms in total. The number of urea groups is 1. The molecule has 0 spiro atoms. The summed E-state index contributed by atoms with van der Waals surface area (Å²) in [5.41, 5.74) is 2.30. The van der Waals surface area contributed by atoms with Gasteiger partial charge in [0, 0.05) is 57.0 Å². The Kier molecular flexibility index (Phi) is 6.82. The molecule has 194 valence electrons. The number of carbonyl (C=O) groups excluding carboxylic acids is 2. The van der Waals surface area contributed by atoms with Crippen LogP contribution in [-0.4, -0.2) is 102 Å². The lowest BCUT2D eigenvalue weighted by atomic mass is 9.80. The van der Waals surface area contributed by atoms with Crippen molar-refractivity contribution in [2.45, 2.75) is 66.5 Å². The Morgan fingerprint density at radius 1 is 1.23 bits per heavy atom. The van der Waals surface area contributed by atoms with E-state index < -0.39 is 26.7 Å². The SMILES string of the molecule is CC1NCC(CN2C(=O)C3CC(S(=O)(=O)NC4(C#N)CC4)CCC3N(CC3CNN(C)C3)C2=O)S1. The highest BCUT2D eigenvalue weighted by Gasteiger charge is 2.54. The van der Waals surface area contributed by atoms with Crippen molar-refractivity contribution in [3.63, 3.8) is 0 Å². The molecule has 3 saturated heterocycles. The second-order valence-corrected chi connectivity index (χ2v) is 14.4. The largest absolute Gasteiger partial charge is 0.327 e. The Bertz CT molecular complexity index is 1010. The number of thioether (sulfide) groups is 1. The van der Waals surface area contributed by atoms with E-state index in [1.54, 1.807) is 11.8 Å². The average Bonchev–Trinajstić information content (AvgIpc) is 3.26.